The zero-order valence-corrected chi connectivity index (χ0v) is 15.8. The van der Waals surface area contributed by atoms with Gasteiger partial charge < -0.3 is 14.1 Å². The molecular formula is C18H22FNO5S. The third kappa shape index (κ3) is 5.32. The first-order valence-corrected chi connectivity index (χ1v) is 9.90. The van der Waals surface area contributed by atoms with E-state index in [1.54, 1.807) is 26.0 Å². The molecule has 0 saturated carbocycles. The number of rotatable bonds is 8. The van der Waals surface area contributed by atoms with Crippen molar-refractivity contribution in [3.05, 3.63) is 48.2 Å². The van der Waals surface area contributed by atoms with E-state index in [9.17, 15) is 17.6 Å². The minimum Gasteiger partial charge on any atom is -0.494 e. The highest BCUT2D eigenvalue weighted by Crippen LogP contribution is 2.25. The molecule has 0 aliphatic heterocycles. The van der Waals surface area contributed by atoms with Gasteiger partial charge in [-0.25, -0.2) is 12.8 Å². The number of furan rings is 1. The summed E-state index contributed by atoms with van der Waals surface area (Å²) in [7, 11) is -2.24. The molecule has 2 rings (SSSR count). The van der Waals surface area contributed by atoms with Gasteiger partial charge in [0.1, 0.15) is 11.5 Å². The van der Waals surface area contributed by atoms with Gasteiger partial charge in [0.2, 0.25) is 5.91 Å². The highest BCUT2D eigenvalue weighted by molar-refractivity contribution is 7.92. The monoisotopic (exact) mass is 383 g/mol. The summed E-state index contributed by atoms with van der Waals surface area (Å²) >= 11 is 0. The van der Waals surface area contributed by atoms with Crippen molar-refractivity contribution in [1.82, 2.24) is 0 Å². The van der Waals surface area contributed by atoms with E-state index in [2.05, 4.69) is 0 Å². The SMILES string of the molecule is COc1ccc(N(Cc2ccco2)C(=O)CS(=O)(=O)CC(C)C)cc1F. The number of anilines is 1. The van der Waals surface area contributed by atoms with Gasteiger partial charge in [-0.15, -0.1) is 0 Å². The summed E-state index contributed by atoms with van der Waals surface area (Å²) < 4.78 is 48.6. The molecule has 0 atom stereocenters. The van der Waals surface area contributed by atoms with Crippen LogP contribution in [0.5, 0.6) is 5.75 Å². The van der Waals surface area contributed by atoms with Gasteiger partial charge in [-0.2, -0.15) is 0 Å². The van der Waals surface area contributed by atoms with E-state index >= 15 is 0 Å². The topological polar surface area (TPSA) is 76.8 Å². The zero-order valence-electron chi connectivity index (χ0n) is 14.9. The first-order valence-electron chi connectivity index (χ1n) is 8.08. The standard InChI is InChI=1S/C18H22FNO5S/c1-13(2)11-26(22,23)12-18(21)20(10-15-5-4-8-25-15)14-6-7-17(24-3)16(19)9-14/h4-9,13H,10-12H2,1-3H3. The molecule has 0 radical (unpaired) electrons. The van der Waals surface area contributed by atoms with Gasteiger partial charge in [-0.3, -0.25) is 4.79 Å². The molecule has 0 unspecified atom stereocenters. The first kappa shape index (κ1) is 20.0. The molecular weight excluding hydrogens is 361 g/mol. The number of benzene rings is 1. The van der Waals surface area contributed by atoms with Crippen molar-refractivity contribution in [1.29, 1.82) is 0 Å². The van der Waals surface area contributed by atoms with Gasteiger partial charge in [-0.1, -0.05) is 13.8 Å². The smallest absolute Gasteiger partial charge is 0.242 e. The van der Waals surface area contributed by atoms with E-state index < -0.39 is 27.3 Å². The van der Waals surface area contributed by atoms with Crippen LogP contribution >= 0.6 is 0 Å². The van der Waals surface area contributed by atoms with Crippen molar-refractivity contribution >= 4 is 21.4 Å². The van der Waals surface area contributed by atoms with E-state index in [-0.39, 0.29) is 29.7 Å². The third-order valence-corrected chi connectivity index (χ3v) is 5.43. The molecule has 0 spiro atoms. The van der Waals surface area contributed by atoms with Crippen molar-refractivity contribution in [3.63, 3.8) is 0 Å². The second-order valence-electron chi connectivity index (χ2n) is 6.33. The summed E-state index contributed by atoms with van der Waals surface area (Å²) in [5.74, 6) is -1.64. The first-order chi connectivity index (χ1) is 12.2. The van der Waals surface area contributed by atoms with Gasteiger partial charge in [-0.05, 0) is 30.2 Å². The van der Waals surface area contributed by atoms with E-state index in [4.69, 9.17) is 9.15 Å². The van der Waals surface area contributed by atoms with Crippen LogP contribution < -0.4 is 9.64 Å². The summed E-state index contributed by atoms with van der Waals surface area (Å²) in [4.78, 5) is 13.9. The number of sulfone groups is 1. The maximum atomic E-state index is 14.1. The third-order valence-electron chi connectivity index (χ3n) is 3.57. The quantitative estimate of drug-likeness (QED) is 0.700. The maximum absolute atomic E-state index is 14.1. The predicted molar refractivity (Wildman–Crippen MR) is 96.3 cm³/mol. The lowest BCUT2D eigenvalue weighted by molar-refractivity contribution is -0.116. The van der Waals surface area contributed by atoms with Crippen LogP contribution in [0.25, 0.3) is 0 Å². The fourth-order valence-corrected chi connectivity index (χ4v) is 4.20. The number of halogens is 1. The van der Waals surface area contributed by atoms with Crippen molar-refractivity contribution in [2.75, 3.05) is 23.5 Å². The summed E-state index contributed by atoms with van der Waals surface area (Å²) in [6.45, 7) is 3.53. The lowest BCUT2D eigenvalue weighted by Gasteiger charge is -2.22. The fourth-order valence-electron chi connectivity index (χ4n) is 2.54. The predicted octanol–water partition coefficient (Wildman–Crippen LogP) is 3.03. The van der Waals surface area contributed by atoms with Gasteiger partial charge in [0.25, 0.3) is 0 Å². The van der Waals surface area contributed by atoms with E-state index in [0.29, 0.717) is 5.76 Å². The molecule has 0 aliphatic rings. The van der Waals surface area contributed by atoms with Crippen molar-refractivity contribution in [2.45, 2.75) is 20.4 Å². The second-order valence-corrected chi connectivity index (χ2v) is 8.44. The Morgan fingerprint density at radius 1 is 1.31 bits per heavy atom. The highest BCUT2D eigenvalue weighted by Gasteiger charge is 2.25. The molecule has 8 heteroatoms. The number of hydrogen-bond donors (Lipinski definition) is 0. The maximum Gasteiger partial charge on any atom is 0.242 e. The van der Waals surface area contributed by atoms with Crippen molar-refractivity contribution in [3.8, 4) is 5.75 Å². The number of carbonyl (C=O) groups excluding carboxylic acids is 1. The highest BCUT2D eigenvalue weighted by atomic mass is 32.2. The molecule has 1 amide bonds. The lowest BCUT2D eigenvalue weighted by Crippen LogP contribution is -2.36. The number of nitrogens with zero attached hydrogens (tertiary/aromatic N) is 1. The Morgan fingerprint density at radius 2 is 2.04 bits per heavy atom. The number of carbonyl (C=O) groups is 1. The van der Waals surface area contributed by atoms with Crippen LogP contribution in [0.4, 0.5) is 10.1 Å². The number of hydrogen-bond acceptors (Lipinski definition) is 5. The average Bonchev–Trinajstić information content (AvgIpc) is 3.03. The Hall–Kier alpha value is -2.35. The molecule has 1 heterocycles. The Labute approximate surface area is 152 Å². The van der Waals surface area contributed by atoms with Crippen LogP contribution in [0.15, 0.2) is 41.0 Å². The summed E-state index contributed by atoms with van der Waals surface area (Å²) in [6.07, 6.45) is 1.45. The van der Waals surface area contributed by atoms with Crippen molar-refractivity contribution in [2.24, 2.45) is 5.92 Å². The Bertz CT molecular complexity index is 846. The molecule has 2 aromatic rings. The Kier molecular flexibility index (Phi) is 6.42. The van der Waals surface area contributed by atoms with Gasteiger partial charge in [0, 0.05) is 11.8 Å². The molecule has 1 aromatic heterocycles. The molecule has 142 valence electrons. The molecule has 0 saturated heterocycles. The minimum absolute atomic E-state index is 0.00516. The molecule has 0 fully saturated rings. The molecule has 1 aromatic carbocycles. The molecule has 0 aliphatic carbocycles. The number of methoxy groups -OCH3 is 1. The van der Waals surface area contributed by atoms with Crippen LogP contribution in [-0.4, -0.2) is 32.9 Å². The van der Waals surface area contributed by atoms with Crippen LogP contribution in [-0.2, 0) is 21.2 Å². The van der Waals surface area contributed by atoms with E-state index in [0.717, 1.165) is 6.07 Å². The zero-order chi connectivity index (χ0) is 19.3. The summed E-state index contributed by atoms with van der Waals surface area (Å²) in [5, 5.41) is 0. The normalized spacial score (nSPS) is 11.6. The molecule has 0 N–H and O–H groups in total. The van der Waals surface area contributed by atoms with Gasteiger partial charge in [0.05, 0.1) is 25.7 Å². The minimum atomic E-state index is -3.58. The second kappa shape index (κ2) is 8.35. The lowest BCUT2D eigenvalue weighted by atomic mass is 10.2. The average molecular weight is 383 g/mol. The summed E-state index contributed by atoms with van der Waals surface area (Å²) in [6, 6.07) is 7.33. The van der Waals surface area contributed by atoms with Crippen LogP contribution in [0.3, 0.4) is 0 Å². The van der Waals surface area contributed by atoms with Gasteiger partial charge >= 0.3 is 0 Å². The molecule has 26 heavy (non-hydrogen) atoms. The van der Waals surface area contributed by atoms with Crippen molar-refractivity contribution < 1.29 is 26.8 Å². The fraction of sp³-hybridized carbons (Fsp3) is 0.389. The summed E-state index contributed by atoms with van der Waals surface area (Å²) in [5.41, 5.74) is 0.226. The number of ether oxygens (including phenoxy) is 1. The largest absolute Gasteiger partial charge is 0.494 e. The van der Waals surface area contributed by atoms with Crippen LogP contribution in [0.1, 0.15) is 19.6 Å². The van der Waals surface area contributed by atoms with E-state index in [1.807, 2.05) is 0 Å². The van der Waals surface area contributed by atoms with Crippen LogP contribution in [0, 0.1) is 11.7 Å². The van der Waals surface area contributed by atoms with Gasteiger partial charge in [0.15, 0.2) is 21.4 Å². The molecule has 0 bridgehead atoms. The van der Waals surface area contributed by atoms with E-state index in [1.165, 1.54) is 30.4 Å². The Balaban J connectivity index is 2.31. The number of amides is 1. The molecule has 6 nitrogen and oxygen atoms in total. The van der Waals surface area contributed by atoms with Crippen LogP contribution in [0.2, 0.25) is 0 Å². The Morgan fingerprint density at radius 3 is 2.58 bits per heavy atom.